The van der Waals surface area contributed by atoms with E-state index in [1.807, 2.05) is 0 Å². The zero-order chi connectivity index (χ0) is 13.0. The molecule has 6 heteroatoms. The van der Waals surface area contributed by atoms with Gasteiger partial charge < -0.3 is 4.74 Å². The lowest BCUT2D eigenvalue weighted by Gasteiger charge is -2.05. The Morgan fingerprint density at radius 1 is 1.53 bits per heavy atom. The summed E-state index contributed by atoms with van der Waals surface area (Å²) in [7, 11) is 0. The summed E-state index contributed by atoms with van der Waals surface area (Å²) >= 11 is 5.46. The number of aromatic nitrogens is 1. The van der Waals surface area contributed by atoms with Crippen LogP contribution < -0.4 is 0 Å². The molecule has 1 aromatic rings. The first-order valence-corrected chi connectivity index (χ1v) is 5.35. The van der Waals surface area contributed by atoms with Gasteiger partial charge in [-0.15, -0.1) is 0 Å². The van der Waals surface area contributed by atoms with E-state index in [9.17, 15) is 14.0 Å². The van der Waals surface area contributed by atoms with Gasteiger partial charge in [0.05, 0.1) is 12.3 Å². The Hall–Kier alpha value is -1.49. The molecule has 17 heavy (non-hydrogen) atoms. The van der Waals surface area contributed by atoms with E-state index in [4.69, 9.17) is 11.6 Å². The van der Waals surface area contributed by atoms with Crippen molar-refractivity contribution in [1.29, 1.82) is 0 Å². The van der Waals surface area contributed by atoms with Crippen molar-refractivity contribution in [3.63, 3.8) is 0 Å². The maximum absolute atomic E-state index is 13.1. The van der Waals surface area contributed by atoms with E-state index in [0.29, 0.717) is 0 Å². The van der Waals surface area contributed by atoms with E-state index < -0.39 is 24.0 Å². The summed E-state index contributed by atoms with van der Waals surface area (Å²) in [5.41, 5.74) is 0.325. The Balaban J connectivity index is 2.89. The third-order valence-corrected chi connectivity index (χ3v) is 2.30. The number of pyridine rings is 1. The summed E-state index contributed by atoms with van der Waals surface area (Å²) in [6.45, 7) is 3.35. The molecule has 0 aliphatic heterocycles. The van der Waals surface area contributed by atoms with Crippen LogP contribution in [-0.4, -0.2) is 23.3 Å². The second kappa shape index (κ2) is 5.72. The van der Waals surface area contributed by atoms with Crippen molar-refractivity contribution in [3.05, 3.63) is 28.3 Å². The van der Waals surface area contributed by atoms with Crippen LogP contribution in [-0.2, 0) is 9.53 Å². The number of esters is 1. The molecule has 1 rings (SSSR count). The molecule has 0 spiro atoms. The van der Waals surface area contributed by atoms with Crippen LogP contribution in [0.25, 0.3) is 0 Å². The standard InChI is InChI=1S/C11H11ClFNO3/c1-3-17-10(16)5-9(15)7-4-8(13)11(12)14-6(7)2/h4H,3,5H2,1-2H3. The lowest BCUT2D eigenvalue weighted by Crippen LogP contribution is -2.13. The van der Waals surface area contributed by atoms with Crippen LogP contribution in [0.1, 0.15) is 29.4 Å². The highest BCUT2D eigenvalue weighted by Crippen LogP contribution is 2.17. The molecule has 1 aromatic heterocycles. The average molecular weight is 260 g/mol. The Kier molecular flexibility index (Phi) is 4.57. The Morgan fingerprint density at radius 3 is 2.76 bits per heavy atom. The number of carbonyl (C=O) groups is 2. The Labute approximate surface area is 103 Å². The van der Waals surface area contributed by atoms with E-state index in [0.717, 1.165) is 6.07 Å². The van der Waals surface area contributed by atoms with Gasteiger partial charge in [-0.25, -0.2) is 9.37 Å². The molecular weight excluding hydrogens is 249 g/mol. The van der Waals surface area contributed by atoms with Crippen LogP contribution in [0.2, 0.25) is 5.15 Å². The van der Waals surface area contributed by atoms with Gasteiger partial charge in [-0.05, 0) is 19.9 Å². The summed E-state index contributed by atoms with van der Waals surface area (Å²) in [6.07, 6.45) is -0.433. The molecule has 0 aliphatic carbocycles. The number of hydrogen-bond acceptors (Lipinski definition) is 4. The molecule has 0 aliphatic rings. The highest BCUT2D eigenvalue weighted by Gasteiger charge is 2.17. The van der Waals surface area contributed by atoms with E-state index in [-0.39, 0.29) is 23.0 Å². The zero-order valence-corrected chi connectivity index (χ0v) is 10.2. The van der Waals surface area contributed by atoms with Crippen LogP contribution >= 0.6 is 11.6 Å². The van der Waals surface area contributed by atoms with Crippen LogP contribution in [0, 0.1) is 12.7 Å². The van der Waals surface area contributed by atoms with Crippen LogP contribution in [0.4, 0.5) is 4.39 Å². The van der Waals surface area contributed by atoms with Crippen molar-refractivity contribution < 1.29 is 18.7 Å². The predicted octanol–water partition coefficient (Wildman–Crippen LogP) is 2.32. The van der Waals surface area contributed by atoms with Crippen molar-refractivity contribution in [2.45, 2.75) is 20.3 Å². The molecule has 0 amide bonds. The minimum absolute atomic E-state index is 0.0416. The molecule has 0 unspecified atom stereocenters. The fourth-order valence-corrected chi connectivity index (χ4v) is 1.45. The highest BCUT2D eigenvalue weighted by molar-refractivity contribution is 6.29. The molecule has 1 heterocycles. The van der Waals surface area contributed by atoms with Crippen molar-refractivity contribution in [3.8, 4) is 0 Å². The van der Waals surface area contributed by atoms with E-state index >= 15 is 0 Å². The van der Waals surface area contributed by atoms with Gasteiger partial charge in [0, 0.05) is 5.56 Å². The van der Waals surface area contributed by atoms with Gasteiger partial charge in [0.25, 0.3) is 0 Å². The molecule has 0 N–H and O–H groups in total. The highest BCUT2D eigenvalue weighted by atomic mass is 35.5. The molecule has 0 bridgehead atoms. The van der Waals surface area contributed by atoms with Crippen molar-refractivity contribution in [1.82, 2.24) is 4.98 Å². The average Bonchev–Trinajstić information content (AvgIpc) is 2.23. The predicted molar refractivity (Wildman–Crippen MR) is 59.5 cm³/mol. The van der Waals surface area contributed by atoms with Gasteiger partial charge in [-0.2, -0.15) is 0 Å². The monoisotopic (exact) mass is 259 g/mol. The van der Waals surface area contributed by atoms with Crippen LogP contribution in [0.3, 0.4) is 0 Å². The third kappa shape index (κ3) is 3.49. The van der Waals surface area contributed by atoms with Gasteiger partial charge in [0.2, 0.25) is 0 Å². The van der Waals surface area contributed by atoms with Gasteiger partial charge in [0.1, 0.15) is 6.42 Å². The SMILES string of the molecule is CCOC(=O)CC(=O)c1cc(F)c(Cl)nc1C. The molecule has 92 valence electrons. The Bertz CT molecular complexity index is 462. The Morgan fingerprint density at radius 2 is 2.18 bits per heavy atom. The molecule has 0 radical (unpaired) electrons. The van der Waals surface area contributed by atoms with E-state index in [1.165, 1.54) is 6.92 Å². The van der Waals surface area contributed by atoms with Crippen LogP contribution in [0.5, 0.6) is 0 Å². The number of halogens is 2. The minimum Gasteiger partial charge on any atom is -0.466 e. The normalized spacial score (nSPS) is 10.1. The largest absolute Gasteiger partial charge is 0.466 e. The molecule has 0 aromatic carbocycles. The number of ether oxygens (including phenoxy) is 1. The molecule has 0 saturated heterocycles. The second-order valence-electron chi connectivity index (χ2n) is 3.30. The van der Waals surface area contributed by atoms with Crippen LogP contribution in [0.15, 0.2) is 6.07 Å². The van der Waals surface area contributed by atoms with Crippen molar-refractivity contribution in [2.24, 2.45) is 0 Å². The summed E-state index contributed by atoms with van der Waals surface area (Å²) in [6, 6.07) is 0.978. The fraction of sp³-hybridized carbons (Fsp3) is 0.364. The maximum atomic E-state index is 13.1. The first-order valence-electron chi connectivity index (χ1n) is 4.97. The zero-order valence-electron chi connectivity index (χ0n) is 9.42. The maximum Gasteiger partial charge on any atom is 0.313 e. The summed E-state index contributed by atoms with van der Waals surface area (Å²) in [5, 5.41) is -0.296. The van der Waals surface area contributed by atoms with E-state index in [1.54, 1.807) is 6.92 Å². The van der Waals surface area contributed by atoms with Gasteiger partial charge >= 0.3 is 5.97 Å². The number of Topliss-reactive ketones (excluding diaryl/α,β-unsaturated/α-hetero) is 1. The quantitative estimate of drug-likeness (QED) is 0.360. The fourth-order valence-electron chi connectivity index (χ4n) is 1.27. The van der Waals surface area contributed by atoms with Crippen molar-refractivity contribution in [2.75, 3.05) is 6.61 Å². The number of hydrogen-bond donors (Lipinski definition) is 0. The molecular formula is C11H11ClFNO3. The first-order chi connectivity index (χ1) is 7.95. The van der Waals surface area contributed by atoms with E-state index in [2.05, 4.69) is 9.72 Å². The number of nitrogens with zero attached hydrogens (tertiary/aromatic N) is 1. The topological polar surface area (TPSA) is 56.3 Å². The van der Waals surface area contributed by atoms with Gasteiger partial charge in [-0.1, -0.05) is 11.6 Å². The van der Waals surface area contributed by atoms with Gasteiger partial charge in [0.15, 0.2) is 16.8 Å². The smallest absolute Gasteiger partial charge is 0.313 e. The minimum atomic E-state index is -0.788. The molecule has 0 fully saturated rings. The van der Waals surface area contributed by atoms with Crippen molar-refractivity contribution >= 4 is 23.4 Å². The number of rotatable bonds is 4. The summed E-state index contributed by atoms with van der Waals surface area (Å²) < 4.78 is 17.8. The first kappa shape index (κ1) is 13.6. The summed E-state index contributed by atoms with van der Waals surface area (Å²) in [5.74, 6) is -1.97. The number of carbonyl (C=O) groups excluding carboxylic acids is 2. The van der Waals surface area contributed by atoms with Gasteiger partial charge in [-0.3, -0.25) is 9.59 Å². The lowest BCUT2D eigenvalue weighted by molar-refractivity contribution is -0.141. The summed E-state index contributed by atoms with van der Waals surface area (Å²) in [4.78, 5) is 26.4. The lowest BCUT2D eigenvalue weighted by atomic mass is 10.1. The second-order valence-corrected chi connectivity index (χ2v) is 3.66. The third-order valence-electron chi connectivity index (χ3n) is 2.03. The number of ketones is 1. The molecule has 0 atom stereocenters. The molecule has 0 saturated carbocycles. The number of aryl methyl sites for hydroxylation is 1. The molecule has 4 nitrogen and oxygen atoms in total.